The van der Waals surface area contributed by atoms with E-state index in [1.807, 2.05) is 4.72 Å². The Bertz CT molecular complexity index is 928. The van der Waals surface area contributed by atoms with Crippen molar-refractivity contribution in [2.24, 2.45) is 0 Å². The first kappa shape index (κ1) is 21.3. The van der Waals surface area contributed by atoms with Crippen LogP contribution in [0.15, 0.2) is 47.4 Å². The molecule has 27 heavy (non-hydrogen) atoms. The molecule has 0 aliphatic rings. The Balaban J connectivity index is 2.29. The van der Waals surface area contributed by atoms with Gasteiger partial charge in [0.1, 0.15) is 10.6 Å². The molecule has 0 spiro atoms. The summed E-state index contributed by atoms with van der Waals surface area (Å²) in [4.78, 5) is -0.854. The fourth-order valence-electron chi connectivity index (χ4n) is 2.01. The molecule has 12 heteroatoms. The van der Waals surface area contributed by atoms with Crippen molar-refractivity contribution in [2.45, 2.75) is 24.0 Å². The van der Waals surface area contributed by atoms with Gasteiger partial charge in [0.25, 0.3) is 0 Å². The van der Waals surface area contributed by atoms with Gasteiger partial charge in [-0.3, -0.25) is 0 Å². The number of rotatable bonds is 5. The van der Waals surface area contributed by atoms with Crippen LogP contribution in [0, 0.1) is 0 Å². The monoisotopic (exact) mass is 433 g/mol. The minimum atomic E-state index is -5.00. The molecule has 0 heterocycles. The fraction of sp³-hybridized carbons (Fsp3) is 0.200. The first-order valence-electron chi connectivity index (χ1n) is 7.00. The number of alkyl halides is 6. The van der Waals surface area contributed by atoms with Gasteiger partial charge in [0.15, 0.2) is 0 Å². The van der Waals surface area contributed by atoms with Crippen LogP contribution >= 0.6 is 11.6 Å². The standard InChI is InChI=1S/C15H10ClF6NO3S/c16-11-6-5-10(14(17,18)19)7-13(11)27(24,25)23-8-9-3-1-2-4-12(9)26-15(20,21)22/h1-7,23H,8H2. The lowest BCUT2D eigenvalue weighted by atomic mass is 10.2. The highest BCUT2D eigenvalue weighted by Crippen LogP contribution is 2.33. The van der Waals surface area contributed by atoms with Crippen LogP contribution in [-0.2, 0) is 22.7 Å². The van der Waals surface area contributed by atoms with Crippen LogP contribution < -0.4 is 9.46 Å². The minimum absolute atomic E-state index is 0.179. The maximum atomic E-state index is 12.8. The number of halogens is 7. The van der Waals surface area contributed by atoms with E-state index in [0.717, 1.165) is 18.2 Å². The maximum absolute atomic E-state index is 12.8. The molecule has 148 valence electrons. The van der Waals surface area contributed by atoms with Crippen LogP contribution in [0.4, 0.5) is 26.3 Å². The molecule has 0 fully saturated rings. The van der Waals surface area contributed by atoms with Gasteiger partial charge in [-0.2, -0.15) is 13.2 Å². The molecule has 4 nitrogen and oxygen atoms in total. The van der Waals surface area contributed by atoms with Crippen LogP contribution in [0.5, 0.6) is 5.75 Å². The summed E-state index contributed by atoms with van der Waals surface area (Å²) in [7, 11) is -4.55. The van der Waals surface area contributed by atoms with Gasteiger partial charge < -0.3 is 4.74 Å². The SMILES string of the molecule is O=S(=O)(NCc1ccccc1OC(F)(F)F)c1cc(C(F)(F)F)ccc1Cl. The van der Waals surface area contributed by atoms with Gasteiger partial charge in [-0.05, 0) is 24.3 Å². The number of hydrogen-bond acceptors (Lipinski definition) is 3. The van der Waals surface area contributed by atoms with E-state index in [1.54, 1.807) is 0 Å². The van der Waals surface area contributed by atoms with E-state index in [9.17, 15) is 34.8 Å². The molecule has 2 aromatic rings. The van der Waals surface area contributed by atoms with E-state index in [1.165, 1.54) is 12.1 Å². The second kappa shape index (κ2) is 7.56. The molecule has 0 amide bonds. The Morgan fingerprint density at radius 2 is 1.63 bits per heavy atom. The third kappa shape index (κ3) is 5.75. The van der Waals surface area contributed by atoms with Gasteiger partial charge in [0.2, 0.25) is 10.0 Å². The lowest BCUT2D eigenvalue weighted by molar-refractivity contribution is -0.274. The molecule has 0 aliphatic heterocycles. The normalized spacial score (nSPS) is 12.9. The highest BCUT2D eigenvalue weighted by atomic mass is 35.5. The topological polar surface area (TPSA) is 55.4 Å². The number of benzene rings is 2. The number of sulfonamides is 1. The highest BCUT2D eigenvalue weighted by Gasteiger charge is 2.33. The molecule has 2 rings (SSSR count). The molecule has 0 saturated heterocycles. The summed E-state index contributed by atoms with van der Waals surface area (Å²) >= 11 is 5.67. The van der Waals surface area contributed by atoms with Crippen LogP contribution in [0.3, 0.4) is 0 Å². The van der Waals surface area contributed by atoms with Gasteiger partial charge >= 0.3 is 12.5 Å². The average molecular weight is 434 g/mol. The third-order valence-electron chi connectivity index (χ3n) is 3.20. The molecule has 0 saturated carbocycles. The predicted molar refractivity (Wildman–Crippen MR) is 83.6 cm³/mol. The summed E-state index contributed by atoms with van der Waals surface area (Å²) in [6.07, 6.45) is -9.80. The second-order valence-electron chi connectivity index (χ2n) is 5.12. The summed E-state index contributed by atoms with van der Waals surface area (Å²) in [5, 5.41) is -0.477. The summed E-state index contributed by atoms with van der Waals surface area (Å²) < 4.78 is 106. The van der Waals surface area contributed by atoms with Gasteiger partial charge in [-0.1, -0.05) is 29.8 Å². The summed E-state index contributed by atoms with van der Waals surface area (Å²) in [5.41, 5.74) is -1.42. The van der Waals surface area contributed by atoms with E-state index >= 15 is 0 Å². The van der Waals surface area contributed by atoms with Crippen LogP contribution in [0.2, 0.25) is 5.02 Å². The van der Waals surface area contributed by atoms with Crippen molar-refractivity contribution in [1.29, 1.82) is 0 Å². The van der Waals surface area contributed by atoms with Crippen molar-refractivity contribution in [1.82, 2.24) is 4.72 Å². The quantitative estimate of drug-likeness (QED) is 0.693. The van der Waals surface area contributed by atoms with Gasteiger partial charge in [0.05, 0.1) is 10.6 Å². The lowest BCUT2D eigenvalue weighted by Gasteiger charge is -2.15. The first-order chi connectivity index (χ1) is 12.3. The summed E-state index contributed by atoms with van der Waals surface area (Å²) in [6.45, 7) is -0.666. The lowest BCUT2D eigenvalue weighted by Crippen LogP contribution is -2.25. The summed E-state index contributed by atoms with van der Waals surface area (Å²) in [5.74, 6) is -0.650. The van der Waals surface area contributed by atoms with Crippen LogP contribution in [-0.4, -0.2) is 14.8 Å². The number of hydrogen-bond donors (Lipinski definition) is 1. The highest BCUT2D eigenvalue weighted by molar-refractivity contribution is 7.89. The fourth-order valence-corrected chi connectivity index (χ4v) is 3.54. The van der Waals surface area contributed by atoms with E-state index in [-0.39, 0.29) is 5.56 Å². The molecule has 0 aromatic heterocycles. The molecule has 0 unspecified atom stereocenters. The molecule has 1 N–H and O–H groups in total. The van der Waals surface area contributed by atoms with E-state index in [0.29, 0.717) is 12.1 Å². The van der Waals surface area contributed by atoms with Crippen molar-refractivity contribution in [3.05, 3.63) is 58.6 Å². The van der Waals surface area contributed by atoms with Crippen molar-refractivity contribution in [3.8, 4) is 5.75 Å². The Morgan fingerprint density at radius 3 is 2.22 bits per heavy atom. The van der Waals surface area contributed by atoms with Crippen molar-refractivity contribution in [2.75, 3.05) is 0 Å². The van der Waals surface area contributed by atoms with Crippen molar-refractivity contribution in [3.63, 3.8) is 0 Å². The van der Waals surface area contributed by atoms with E-state index < -0.39 is 50.3 Å². The molecule has 0 radical (unpaired) electrons. The van der Waals surface area contributed by atoms with E-state index in [4.69, 9.17) is 11.6 Å². The van der Waals surface area contributed by atoms with E-state index in [2.05, 4.69) is 4.74 Å². The zero-order chi connectivity index (χ0) is 20.5. The van der Waals surface area contributed by atoms with Crippen molar-refractivity contribution >= 4 is 21.6 Å². The molecule has 2 aromatic carbocycles. The average Bonchev–Trinajstić information content (AvgIpc) is 2.51. The minimum Gasteiger partial charge on any atom is -0.405 e. The zero-order valence-electron chi connectivity index (χ0n) is 13.0. The van der Waals surface area contributed by atoms with Crippen LogP contribution in [0.1, 0.15) is 11.1 Å². The largest absolute Gasteiger partial charge is 0.573 e. The summed E-state index contributed by atoms with van der Waals surface area (Å²) in [6, 6.07) is 6.41. The maximum Gasteiger partial charge on any atom is 0.573 e. The Morgan fingerprint density at radius 1 is 1.00 bits per heavy atom. The third-order valence-corrected chi connectivity index (χ3v) is 5.08. The Hall–Kier alpha value is -1.98. The first-order valence-corrected chi connectivity index (χ1v) is 8.86. The predicted octanol–water partition coefficient (Wildman–Crippen LogP) is 4.74. The number of nitrogens with one attached hydrogen (secondary N) is 1. The number of para-hydroxylation sites is 1. The van der Waals surface area contributed by atoms with Gasteiger partial charge in [0, 0.05) is 12.1 Å². The Labute approximate surface area is 154 Å². The van der Waals surface area contributed by atoms with Gasteiger partial charge in [-0.25, -0.2) is 13.1 Å². The second-order valence-corrected chi connectivity index (χ2v) is 7.27. The molecule has 0 atom stereocenters. The molecular formula is C15H10ClF6NO3S. The smallest absolute Gasteiger partial charge is 0.405 e. The van der Waals surface area contributed by atoms with Crippen LogP contribution in [0.25, 0.3) is 0 Å². The number of ether oxygens (including phenoxy) is 1. The Kier molecular flexibility index (Phi) is 5.97. The molecular weight excluding hydrogens is 424 g/mol. The van der Waals surface area contributed by atoms with Crippen molar-refractivity contribution < 1.29 is 39.5 Å². The zero-order valence-corrected chi connectivity index (χ0v) is 14.6. The molecule has 0 aliphatic carbocycles. The molecule has 0 bridgehead atoms. The van der Waals surface area contributed by atoms with Gasteiger partial charge in [-0.15, -0.1) is 13.2 Å².